The van der Waals surface area contributed by atoms with Gasteiger partial charge in [0.25, 0.3) is 5.91 Å². The van der Waals surface area contributed by atoms with Crippen molar-refractivity contribution >= 4 is 34.1 Å². The average molecular weight is 533 g/mol. The molecular weight excluding hydrogens is 504 g/mol. The number of hydrogen-bond donors (Lipinski definition) is 3. The van der Waals surface area contributed by atoms with Crippen molar-refractivity contribution in [1.82, 2.24) is 0 Å². The lowest BCUT2D eigenvalue weighted by Crippen LogP contribution is -2.29. The molecule has 0 radical (unpaired) electrons. The van der Waals surface area contributed by atoms with E-state index >= 15 is 0 Å². The third-order valence-electron chi connectivity index (χ3n) is 6.76. The first kappa shape index (κ1) is 26.3. The third kappa shape index (κ3) is 5.59. The molecule has 5 aromatic carbocycles. The molecule has 5 aromatic rings. The van der Waals surface area contributed by atoms with E-state index in [1.54, 1.807) is 67.7 Å². The van der Waals surface area contributed by atoms with Gasteiger partial charge in [-0.1, -0.05) is 60.7 Å². The fourth-order valence-corrected chi connectivity index (χ4v) is 4.50. The summed E-state index contributed by atoms with van der Waals surface area (Å²) in [6, 6.07) is 30.1. The summed E-state index contributed by atoms with van der Waals surface area (Å²) in [4.78, 5) is 27.3. The van der Waals surface area contributed by atoms with E-state index in [4.69, 9.17) is 4.74 Å². The minimum absolute atomic E-state index is 0.130. The summed E-state index contributed by atoms with van der Waals surface area (Å²) in [6.07, 6.45) is 0.0819. The molecule has 0 aliphatic heterocycles. The molecule has 0 heterocycles. The van der Waals surface area contributed by atoms with Crippen molar-refractivity contribution in [3.8, 4) is 17.2 Å². The zero-order chi connectivity index (χ0) is 28.2. The van der Waals surface area contributed by atoms with Gasteiger partial charge in [-0.2, -0.15) is 0 Å². The molecule has 0 saturated carbocycles. The number of carbonyl (C=O) groups is 2. The number of phenolic OH excluding ortho intramolecular Hbond substituents is 2. The highest BCUT2D eigenvalue weighted by Crippen LogP contribution is 2.35. The van der Waals surface area contributed by atoms with E-state index < -0.39 is 12.0 Å². The molecule has 0 aliphatic carbocycles. The molecule has 0 aromatic heterocycles. The number of nitrogens with one attached hydrogen (secondary N) is 1. The zero-order valence-corrected chi connectivity index (χ0v) is 22.1. The quantitative estimate of drug-likeness (QED) is 0.218. The topological polar surface area (TPSA) is 99.1 Å². The number of benzene rings is 5. The van der Waals surface area contributed by atoms with Gasteiger partial charge in [0.1, 0.15) is 17.2 Å². The largest absolute Gasteiger partial charge is 0.508 e. The number of phenols is 2. The first-order valence-electron chi connectivity index (χ1n) is 12.7. The van der Waals surface area contributed by atoms with Gasteiger partial charge in [-0.3, -0.25) is 9.69 Å². The maximum Gasteiger partial charge on any atom is 0.419 e. The van der Waals surface area contributed by atoms with Crippen LogP contribution in [0.1, 0.15) is 27.0 Å². The average Bonchev–Trinajstić information content (AvgIpc) is 2.96. The molecule has 0 spiro atoms. The van der Waals surface area contributed by atoms with Gasteiger partial charge in [-0.15, -0.1) is 0 Å². The summed E-state index contributed by atoms with van der Waals surface area (Å²) >= 11 is 0. The Morgan fingerprint density at radius 2 is 1.45 bits per heavy atom. The van der Waals surface area contributed by atoms with Gasteiger partial charge < -0.3 is 20.3 Å². The molecule has 0 bridgehead atoms. The summed E-state index contributed by atoms with van der Waals surface area (Å²) in [5, 5.41) is 24.3. The van der Waals surface area contributed by atoms with E-state index in [9.17, 15) is 19.8 Å². The van der Waals surface area contributed by atoms with Crippen molar-refractivity contribution in [2.75, 3.05) is 17.3 Å². The van der Waals surface area contributed by atoms with Crippen molar-refractivity contribution < 1.29 is 24.5 Å². The Labute approximate surface area is 231 Å². The molecule has 0 unspecified atom stereocenters. The predicted molar refractivity (Wildman–Crippen MR) is 157 cm³/mol. The van der Waals surface area contributed by atoms with Crippen LogP contribution in [0.4, 0.5) is 16.2 Å². The molecule has 3 N–H and O–H groups in total. The number of aryl methyl sites for hydroxylation is 1. The van der Waals surface area contributed by atoms with Crippen LogP contribution in [0.2, 0.25) is 0 Å². The van der Waals surface area contributed by atoms with Crippen LogP contribution in [0, 0.1) is 6.92 Å². The van der Waals surface area contributed by atoms with Gasteiger partial charge in [0.2, 0.25) is 0 Å². The van der Waals surface area contributed by atoms with Crippen LogP contribution in [0.25, 0.3) is 10.8 Å². The van der Waals surface area contributed by atoms with Gasteiger partial charge in [-0.05, 0) is 72.5 Å². The molecule has 0 aliphatic rings. The lowest BCUT2D eigenvalue weighted by atomic mass is 10.0. The summed E-state index contributed by atoms with van der Waals surface area (Å²) in [5.41, 5.74) is 4.31. The number of ether oxygens (including phenoxy) is 1. The van der Waals surface area contributed by atoms with Gasteiger partial charge in [0.05, 0.1) is 11.3 Å². The van der Waals surface area contributed by atoms with E-state index in [-0.39, 0.29) is 17.1 Å². The second-order valence-electron chi connectivity index (χ2n) is 9.52. The predicted octanol–water partition coefficient (Wildman–Crippen LogP) is 7.04. The third-order valence-corrected chi connectivity index (χ3v) is 6.76. The maximum absolute atomic E-state index is 13.0. The lowest BCUT2D eigenvalue weighted by molar-refractivity contribution is 0.102. The number of para-hydroxylation sites is 1. The minimum Gasteiger partial charge on any atom is -0.508 e. The summed E-state index contributed by atoms with van der Waals surface area (Å²) < 4.78 is 5.60. The highest BCUT2D eigenvalue weighted by Gasteiger charge is 2.20. The SMILES string of the molecule is Cc1ccccc1NC(=O)c1ccc2c(N(C)C(=O)Oc3ccc(Cc4ccc(O)cc4)cc3)cccc2c1O. The smallest absolute Gasteiger partial charge is 0.419 e. The van der Waals surface area contributed by atoms with Crippen LogP contribution in [0.3, 0.4) is 0 Å². The number of fused-ring (bicyclic) bond motifs is 1. The highest BCUT2D eigenvalue weighted by molar-refractivity contribution is 6.12. The number of aromatic hydroxyl groups is 2. The van der Waals surface area contributed by atoms with Crippen LogP contribution in [-0.4, -0.2) is 29.3 Å². The number of carbonyl (C=O) groups excluding carboxylic acids is 2. The second kappa shape index (κ2) is 11.2. The Kier molecular flexibility index (Phi) is 7.37. The molecular formula is C33H28N2O5. The zero-order valence-electron chi connectivity index (χ0n) is 22.1. The highest BCUT2D eigenvalue weighted by atomic mass is 16.6. The van der Waals surface area contributed by atoms with E-state index in [2.05, 4.69) is 5.32 Å². The monoisotopic (exact) mass is 532 g/mol. The van der Waals surface area contributed by atoms with Crippen molar-refractivity contribution in [3.05, 3.63) is 125 Å². The summed E-state index contributed by atoms with van der Waals surface area (Å²) in [7, 11) is 1.59. The van der Waals surface area contributed by atoms with Gasteiger partial charge in [-0.25, -0.2) is 4.79 Å². The summed E-state index contributed by atoms with van der Waals surface area (Å²) in [6.45, 7) is 1.89. The van der Waals surface area contributed by atoms with Crippen molar-refractivity contribution in [2.45, 2.75) is 13.3 Å². The number of amides is 2. The molecule has 40 heavy (non-hydrogen) atoms. The van der Waals surface area contributed by atoms with E-state index in [1.165, 1.54) is 4.90 Å². The molecule has 7 heteroatoms. The molecule has 7 nitrogen and oxygen atoms in total. The van der Waals surface area contributed by atoms with Crippen LogP contribution in [-0.2, 0) is 6.42 Å². The minimum atomic E-state index is -0.598. The Morgan fingerprint density at radius 1 is 0.775 bits per heavy atom. The summed E-state index contributed by atoms with van der Waals surface area (Å²) in [5.74, 6) is 0.0160. The maximum atomic E-state index is 13.0. The number of nitrogens with zero attached hydrogens (tertiary/aromatic N) is 1. The first-order chi connectivity index (χ1) is 19.3. The standard InChI is InChI=1S/C33H28N2O5/c1-21-6-3-4-8-29(21)34-32(38)28-19-18-26-27(31(28)37)7-5-9-30(26)35(2)33(39)40-25-16-12-23(13-17-25)20-22-10-14-24(36)15-11-22/h3-19,36-37H,20H2,1-2H3,(H,34,38). The number of rotatable bonds is 6. The van der Waals surface area contributed by atoms with E-state index in [1.807, 2.05) is 49.4 Å². The molecule has 0 fully saturated rings. The Bertz CT molecular complexity index is 1700. The van der Waals surface area contributed by atoms with Gasteiger partial charge in [0.15, 0.2) is 0 Å². The molecule has 200 valence electrons. The fourth-order valence-electron chi connectivity index (χ4n) is 4.50. The Hall–Kier alpha value is -5.30. The molecule has 0 atom stereocenters. The van der Waals surface area contributed by atoms with Crippen LogP contribution in [0.5, 0.6) is 17.2 Å². The van der Waals surface area contributed by atoms with Crippen LogP contribution in [0.15, 0.2) is 103 Å². The normalized spacial score (nSPS) is 10.8. The van der Waals surface area contributed by atoms with E-state index in [0.717, 1.165) is 16.7 Å². The second-order valence-corrected chi connectivity index (χ2v) is 9.52. The first-order valence-corrected chi connectivity index (χ1v) is 12.7. The number of anilines is 2. The van der Waals surface area contributed by atoms with Crippen LogP contribution >= 0.6 is 0 Å². The molecule has 0 saturated heterocycles. The Morgan fingerprint density at radius 3 is 2.15 bits per heavy atom. The van der Waals surface area contributed by atoms with E-state index in [0.29, 0.717) is 34.3 Å². The Balaban J connectivity index is 1.31. The van der Waals surface area contributed by atoms with Crippen molar-refractivity contribution in [3.63, 3.8) is 0 Å². The van der Waals surface area contributed by atoms with Crippen molar-refractivity contribution in [1.29, 1.82) is 0 Å². The lowest BCUT2D eigenvalue weighted by Gasteiger charge is -2.20. The van der Waals surface area contributed by atoms with Gasteiger partial charge >= 0.3 is 6.09 Å². The fraction of sp³-hybridized carbons (Fsp3) is 0.0909. The molecule has 5 rings (SSSR count). The van der Waals surface area contributed by atoms with Gasteiger partial charge in [0, 0.05) is 23.5 Å². The van der Waals surface area contributed by atoms with Crippen LogP contribution < -0.4 is 15.0 Å². The number of hydrogen-bond acceptors (Lipinski definition) is 5. The van der Waals surface area contributed by atoms with Crippen molar-refractivity contribution in [2.24, 2.45) is 0 Å². The molecule has 2 amide bonds.